The summed E-state index contributed by atoms with van der Waals surface area (Å²) in [6.07, 6.45) is 4.39. The van der Waals surface area contributed by atoms with Crippen molar-refractivity contribution in [3.63, 3.8) is 0 Å². The monoisotopic (exact) mass is 325 g/mol. The van der Waals surface area contributed by atoms with Gasteiger partial charge >= 0.3 is 0 Å². The number of nitrogens with one attached hydrogen (secondary N) is 1. The summed E-state index contributed by atoms with van der Waals surface area (Å²) in [5, 5.41) is 7.04. The molecule has 24 heavy (non-hydrogen) atoms. The standard InChI is InChI=1S/C18H19N3O3/c1-23-13-16-7-8-17(24-16)18(22)19-11-9-14-3-5-15(6-4-14)21-12-2-10-20-21/h2-8,10,12H,9,11,13H2,1H3,(H,19,22). The second kappa shape index (κ2) is 7.61. The summed E-state index contributed by atoms with van der Waals surface area (Å²) in [7, 11) is 1.58. The van der Waals surface area contributed by atoms with Gasteiger partial charge in [-0.25, -0.2) is 4.68 Å². The van der Waals surface area contributed by atoms with E-state index in [1.807, 2.05) is 36.5 Å². The Balaban J connectivity index is 1.49. The van der Waals surface area contributed by atoms with Crippen molar-refractivity contribution in [3.8, 4) is 5.69 Å². The Morgan fingerprint density at radius 2 is 2.08 bits per heavy atom. The summed E-state index contributed by atoms with van der Waals surface area (Å²) in [5.74, 6) is 0.721. The molecule has 124 valence electrons. The number of aromatic nitrogens is 2. The summed E-state index contributed by atoms with van der Waals surface area (Å²) in [4.78, 5) is 12.0. The molecule has 3 aromatic rings. The highest BCUT2D eigenvalue weighted by atomic mass is 16.5. The van der Waals surface area contributed by atoms with Gasteiger partial charge in [-0.1, -0.05) is 12.1 Å². The normalized spacial score (nSPS) is 10.7. The van der Waals surface area contributed by atoms with Gasteiger partial charge in [-0.05, 0) is 42.3 Å². The topological polar surface area (TPSA) is 69.3 Å². The average Bonchev–Trinajstić information content (AvgIpc) is 3.27. The third-order valence-corrected chi connectivity index (χ3v) is 3.58. The van der Waals surface area contributed by atoms with E-state index in [-0.39, 0.29) is 5.91 Å². The van der Waals surface area contributed by atoms with Crippen molar-refractivity contribution >= 4 is 5.91 Å². The van der Waals surface area contributed by atoms with Gasteiger partial charge in [0.15, 0.2) is 5.76 Å². The van der Waals surface area contributed by atoms with E-state index in [0.29, 0.717) is 24.7 Å². The van der Waals surface area contributed by atoms with Crippen LogP contribution < -0.4 is 5.32 Å². The van der Waals surface area contributed by atoms with Crippen molar-refractivity contribution in [2.24, 2.45) is 0 Å². The van der Waals surface area contributed by atoms with Gasteiger partial charge in [0.1, 0.15) is 12.4 Å². The number of carbonyl (C=O) groups excluding carboxylic acids is 1. The molecule has 0 atom stereocenters. The first-order chi connectivity index (χ1) is 11.8. The molecule has 1 aromatic carbocycles. The molecule has 0 saturated heterocycles. The van der Waals surface area contributed by atoms with Crippen molar-refractivity contribution in [3.05, 3.63) is 71.9 Å². The van der Waals surface area contributed by atoms with E-state index >= 15 is 0 Å². The highest BCUT2D eigenvalue weighted by Crippen LogP contribution is 2.10. The summed E-state index contributed by atoms with van der Waals surface area (Å²) < 4.78 is 12.2. The molecule has 1 amide bonds. The summed E-state index contributed by atoms with van der Waals surface area (Å²) >= 11 is 0. The molecule has 0 saturated carbocycles. The van der Waals surface area contributed by atoms with Crippen LogP contribution in [-0.4, -0.2) is 29.3 Å². The predicted molar refractivity (Wildman–Crippen MR) is 89.0 cm³/mol. The van der Waals surface area contributed by atoms with Crippen LogP contribution in [0.5, 0.6) is 0 Å². The molecule has 2 aromatic heterocycles. The largest absolute Gasteiger partial charge is 0.453 e. The number of amides is 1. The average molecular weight is 325 g/mol. The Hall–Kier alpha value is -2.86. The molecule has 0 unspecified atom stereocenters. The molecule has 0 radical (unpaired) electrons. The fourth-order valence-corrected chi connectivity index (χ4v) is 2.36. The van der Waals surface area contributed by atoms with Crippen LogP contribution >= 0.6 is 0 Å². The Morgan fingerprint density at radius 3 is 2.79 bits per heavy atom. The van der Waals surface area contributed by atoms with Crippen LogP contribution in [-0.2, 0) is 17.8 Å². The Bertz CT molecular complexity index is 776. The number of benzene rings is 1. The molecule has 0 aliphatic heterocycles. The second-order valence-corrected chi connectivity index (χ2v) is 5.32. The van der Waals surface area contributed by atoms with E-state index in [2.05, 4.69) is 10.4 Å². The number of methoxy groups -OCH3 is 1. The van der Waals surface area contributed by atoms with Crippen LogP contribution in [0.1, 0.15) is 21.9 Å². The van der Waals surface area contributed by atoms with Crippen molar-refractivity contribution in [2.75, 3.05) is 13.7 Å². The molecular formula is C18H19N3O3. The first-order valence-electron chi connectivity index (χ1n) is 7.71. The Labute approximate surface area is 140 Å². The minimum absolute atomic E-state index is 0.217. The summed E-state index contributed by atoms with van der Waals surface area (Å²) in [6, 6.07) is 13.4. The Kier molecular flexibility index (Phi) is 5.08. The predicted octanol–water partition coefficient (Wildman–Crippen LogP) is 2.58. The lowest BCUT2D eigenvalue weighted by atomic mass is 10.1. The number of hydrogen-bond acceptors (Lipinski definition) is 4. The van der Waals surface area contributed by atoms with Crippen molar-refractivity contribution in [2.45, 2.75) is 13.0 Å². The lowest BCUT2D eigenvalue weighted by Gasteiger charge is -2.06. The molecule has 6 heteroatoms. The quantitative estimate of drug-likeness (QED) is 0.725. The van der Waals surface area contributed by atoms with Gasteiger partial charge < -0.3 is 14.5 Å². The fraction of sp³-hybridized carbons (Fsp3) is 0.222. The van der Waals surface area contributed by atoms with Crippen molar-refractivity contribution < 1.29 is 13.9 Å². The zero-order valence-electron chi connectivity index (χ0n) is 13.4. The molecule has 0 aliphatic rings. The van der Waals surface area contributed by atoms with Gasteiger partial charge in [0, 0.05) is 26.0 Å². The molecule has 0 fully saturated rings. The zero-order chi connectivity index (χ0) is 16.8. The van der Waals surface area contributed by atoms with Gasteiger partial charge in [0.25, 0.3) is 5.91 Å². The van der Waals surface area contributed by atoms with Crippen LogP contribution in [0.15, 0.2) is 59.3 Å². The van der Waals surface area contributed by atoms with Crippen LogP contribution in [0, 0.1) is 0 Å². The molecule has 0 bridgehead atoms. The highest BCUT2D eigenvalue weighted by molar-refractivity contribution is 5.91. The second-order valence-electron chi connectivity index (χ2n) is 5.32. The first-order valence-corrected chi connectivity index (χ1v) is 7.71. The van der Waals surface area contributed by atoms with E-state index in [0.717, 1.165) is 17.7 Å². The zero-order valence-corrected chi connectivity index (χ0v) is 13.4. The third kappa shape index (κ3) is 3.91. The molecule has 3 rings (SSSR count). The number of furan rings is 1. The van der Waals surface area contributed by atoms with Crippen LogP contribution in [0.4, 0.5) is 0 Å². The van der Waals surface area contributed by atoms with Crippen LogP contribution in [0.2, 0.25) is 0 Å². The van der Waals surface area contributed by atoms with Crippen LogP contribution in [0.3, 0.4) is 0 Å². The van der Waals surface area contributed by atoms with E-state index in [9.17, 15) is 4.79 Å². The number of ether oxygens (including phenoxy) is 1. The lowest BCUT2D eigenvalue weighted by molar-refractivity contribution is 0.0917. The molecule has 1 N–H and O–H groups in total. The SMILES string of the molecule is COCc1ccc(C(=O)NCCc2ccc(-n3cccn3)cc2)o1. The van der Waals surface area contributed by atoms with E-state index in [1.165, 1.54) is 0 Å². The smallest absolute Gasteiger partial charge is 0.287 e. The van der Waals surface area contributed by atoms with E-state index in [1.54, 1.807) is 30.1 Å². The molecule has 0 spiro atoms. The number of hydrogen-bond donors (Lipinski definition) is 1. The van der Waals surface area contributed by atoms with E-state index < -0.39 is 0 Å². The summed E-state index contributed by atoms with van der Waals surface area (Å²) in [5.41, 5.74) is 2.15. The van der Waals surface area contributed by atoms with Crippen molar-refractivity contribution in [1.82, 2.24) is 15.1 Å². The number of rotatable bonds is 7. The minimum Gasteiger partial charge on any atom is -0.453 e. The highest BCUT2D eigenvalue weighted by Gasteiger charge is 2.10. The lowest BCUT2D eigenvalue weighted by Crippen LogP contribution is -2.25. The number of carbonyl (C=O) groups is 1. The molecule has 2 heterocycles. The van der Waals surface area contributed by atoms with Gasteiger partial charge in [0.2, 0.25) is 0 Å². The molecule has 6 nitrogen and oxygen atoms in total. The number of nitrogens with zero attached hydrogens (tertiary/aromatic N) is 2. The Morgan fingerprint density at radius 1 is 1.25 bits per heavy atom. The summed E-state index contributed by atoms with van der Waals surface area (Å²) in [6.45, 7) is 0.899. The maximum atomic E-state index is 12.0. The van der Waals surface area contributed by atoms with E-state index in [4.69, 9.17) is 9.15 Å². The fourth-order valence-electron chi connectivity index (χ4n) is 2.36. The first kappa shape index (κ1) is 16.0. The molecular weight excluding hydrogens is 306 g/mol. The van der Waals surface area contributed by atoms with Gasteiger partial charge in [-0.2, -0.15) is 5.10 Å². The van der Waals surface area contributed by atoms with Gasteiger partial charge in [-0.15, -0.1) is 0 Å². The maximum Gasteiger partial charge on any atom is 0.287 e. The van der Waals surface area contributed by atoms with Crippen LogP contribution in [0.25, 0.3) is 5.69 Å². The minimum atomic E-state index is -0.217. The van der Waals surface area contributed by atoms with Gasteiger partial charge in [0.05, 0.1) is 5.69 Å². The van der Waals surface area contributed by atoms with Crippen molar-refractivity contribution in [1.29, 1.82) is 0 Å². The maximum absolute atomic E-state index is 12.0. The third-order valence-electron chi connectivity index (χ3n) is 3.58. The molecule has 0 aliphatic carbocycles. The van der Waals surface area contributed by atoms with Gasteiger partial charge in [-0.3, -0.25) is 4.79 Å².